The van der Waals surface area contributed by atoms with Gasteiger partial charge in [-0.15, -0.1) is 11.3 Å². The van der Waals surface area contributed by atoms with E-state index in [1.807, 2.05) is 13.8 Å². The summed E-state index contributed by atoms with van der Waals surface area (Å²) in [4.78, 5) is 17.3. The molecule has 0 radical (unpaired) electrons. The Labute approximate surface area is 120 Å². The van der Waals surface area contributed by atoms with Crippen LogP contribution in [0.1, 0.15) is 33.1 Å². The number of pyridine rings is 1. The number of nitrogens with one attached hydrogen (secondary N) is 1. The van der Waals surface area contributed by atoms with Gasteiger partial charge in [-0.05, 0) is 32.0 Å². The molecule has 4 nitrogen and oxygen atoms in total. The number of aromatic carboxylic acids is 1. The molecule has 2 N–H and O–H groups in total. The number of hydrogen-bond donors (Lipinski definition) is 2. The van der Waals surface area contributed by atoms with Gasteiger partial charge < -0.3 is 10.4 Å². The quantitative estimate of drug-likeness (QED) is 0.896. The molecule has 0 aliphatic heterocycles. The average Bonchev–Trinajstić information content (AvgIpc) is 2.78. The van der Waals surface area contributed by atoms with Gasteiger partial charge in [0.1, 0.15) is 5.82 Å². The molecule has 0 saturated carbocycles. The van der Waals surface area contributed by atoms with E-state index in [1.165, 1.54) is 22.0 Å². The molecule has 0 aliphatic carbocycles. The molecule has 6 heteroatoms. The first-order valence-corrected chi connectivity index (χ1v) is 6.88. The molecule has 0 spiro atoms. The Morgan fingerprint density at radius 1 is 1.53 bits per heavy atom. The number of anilines is 1. The van der Waals surface area contributed by atoms with E-state index in [1.54, 1.807) is 11.3 Å². The van der Waals surface area contributed by atoms with E-state index in [0.717, 1.165) is 0 Å². The SMILES string of the molecule is Cc1ccc(C(C)Nc2ncc(C(=O)O)cc2Cl)s1. The number of halogens is 1. The van der Waals surface area contributed by atoms with Crippen LogP contribution in [0.3, 0.4) is 0 Å². The lowest BCUT2D eigenvalue weighted by molar-refractivity contribution is 0.0696. The first kappa shape index (κ1) is 13.8. The largest absolute Gasteiger partial charge is 0.478 e. The lowest BCUT2D eigenvalue weighted by Crippen LogP contribution is -2.08. The van der Waals surface area contributed by atoms with Crippen molar-refractivity contribution >= 4 is 34.7 Å². The molecule has 100 valence electrons. The summed E-state index contributed by atoms with van der Waals surface area (Å²) < 4.78 is 0. The fourth-order valence-corrected chi connectivity index (χ4v) is 2.72. The Hall–Kier alpha value is -1.59. The molecule has 0 aromatic carbocycles. The van der Waals surface area contributed by atoms with Crippen molar-refractivity contribution in [3.8, 4) is 0 Å². The number of aryl methyl sites for hydroxylation is 1. The number of carboxylic acids is 1. The minimum absolute atomic E-state index is 0.0689. The van der Waals surface area contributed by atoms with Crippen LogP contribution < -0.4 is 5.32 Å². The zero-order valence-electron chi connectivity index (χ0n) is 10.5. The maximum absolute atomic E-state index is 10.8. The summed E-state index contributed by atoms with van der Waals surface area (Å²) in [7, 11) is 0. The molecular weight excluding hydrogens is 284 g/mol. The zero-order chi connectivity index (χ0) is 14.0. The fourth-order valence-electron chi connectivity index (χ4n) is 1.62. The van der Waals surface area contributed by atoms with Crippen LogP contribution in [0, 0.1) is 6.92 Å². The predicted molar refractivity (Wildman–Crippen MR) is 77.3 cm³/mol. The normalized spacial score (nSPS) is 12.2. The van der Waals surface area contributed by atoms with E-state index >= 15 is 0 Å². The minimum atomic E-state index is -1.04. The molecule has 0 aliphatic rings. The van der Waals surface area contributed by atoms with E-state index in [2.05, 4.69) is 22.4 Å². The van der Waals surface area contributed by atoms with Gasteiger partial charge in [0.05, 0.1) is 16.6 Å². The second kappa shape index (κ2) is 5.59. The molecule has 2 aromatic rings. The highest BCUT2D eigenvalue weighted by molar-refractivity contribution is 7.12. The van der Waals surface area contributed by atoms with Gasteiger partial charge in [0, 0.05) is 16.0 Å². The van der Waals surface area contributed by atoms with Crippen molar-refractivity contribution in [3.63, 3.8) is 0 Å². The van der Waals surface area contributed by atoms with Crippen LogP contribution in [-0.2, 0) is 0 Å². The first-order chi connectivity index (χ1) is 8.97. The van der Waals surface area contributed by atoms with Gasteiger partial charge in [0.2, 0.25) is 0 Å². The van der Waals surface area contributed by atoms with Crippen LogP contribution in [-0.4, -0.2) is 16.1 Å². The fraction of sp³-hybridized carbons (Fsp3) is 0.231. The maximum atomic E-state index is 10.8. The van der Waals surface area contributed by atoms with Crippen molar-refractivity contribution in [2.75, 3.05) is 5.32 Å². The molecule has 0 amide bonds. The highest BCUT2D eigenvalue weighted by Crippen LogP contribution is 2.28. The maximum Gasteiger partial charge on any atom is 0.337 e. The third-order valence-electron chi connectivity index (χ3n) is 2.63. The molecule has 1 unspecified atom stereocenters. The van der Waals surface area contributed by atoms with Crippen molar-refractivity contribution < 1.29 is 9.90 Å². The van der Waals surface area contributed by atoms with Gasteiger partial charge in [-0.1, -0.05) is 11.6 Å². The summed E-state index contributed by atoms with van der Waals surface area (Å²) >= 11 is 7.73. The second-order valence-electron chi connectivity index (χ2n) is 4.17. The van der Waals surface area contributed by atoms with Crippen LogP contribution >= 0.6 is 22.9 Å². The summed E-state index contributed by atoms with van der Waals surface area (Å²) in [5.74, 6) is -0.548. The molecule has 0 bridgehead atoms. The smallest absolute Gasteiger partial charge is 0.337 e. The van der Waals surface area contributed by atoms with E-state index in [0.29, 0.717) is 10.8 Å². The van der Waals surface area contributed by atoms with Gasteiger partial charge in [0.15, 0.2) is 0 Å². The number of hydrogen-bond acceptors (Lipinski definition) is 4. The molecule has 0 fully saturated rings. The van der Waals surface area contributed by atoms with E-state index in [4.69, 9.17) is 16.7 Å². The topological polar surface area (TPSA) is 62.2 Å². The van der Waals surface area contributed by atoms with Crippen LogP contribution in [0.4, 0.5) is 5.82 Å². The Kier molecular flexibility index (Phi) is 4.07. The summed E-state index contributed by atoms with van der Waals surface area (Å²) in [6.45, 7) is 4.06. The summed E-state index contributed by atoms with van der Waals surface area (Å²) in [5.41, 5.74) is 0.0789. The standard InChI is InChI=1S/C13H13ClN2O2S/c1-7-3-4-11(19-7)8(2)16-12-10(14)5-9(6-15-12)13(17)18/h3-6,8H,1-2H3,(H,15,16)(H,17,18). The number of carbonyl (C=O) groups is 1. The molecule has 2 aromatic heterocycles. The second-order valence-corrected chi connectivity index (χ2v) is 5.90. The summed E-state index contributed by atoms with van der Waals surface area (Å²) in [6.07, 6.45) is 1.29. The lowest BCUT2D eigenvalue weighted by Gasteiger charge is -2.14. The Bertz CT molecular complexity index is 612. The van der Waals surface area contributed by atoms with Gasteiger partial charge in [-0.25, -0.2) is 9.78 Å². The Morgan fingerprint density at radius 3 is 2.79 bits per heavy atom. The lowest BCUT2D eigenvalue weighted by atomic mass is 10.2. The zero-order valence-corrected chi connectivity index (χ0v) is 12.0. The Balaban J connectivity index is 2.17. The molecule has 2 rings (SSSR count). The van der Waals surface area contributed by atoms with Crippen LogP contribution in [0.5, 0.6) is 0 Å². The van der Waals surface area contributed by atoms with E-state index in [-0.39, 0.29) is 11.6 Å². The van der Waals surface area contributed by atoms with Crippen molar-refractivity contribution in [2.24, 2.45) is 0 Å². The summed E-state index contributed by atoms with van der Waals surface area (Å²) in [6, 6.07) is 5.57. The number of carboxylic acid groups (broad SMARTS) is 1. The van der Waals surface area contributed by atoms with Gasteiger partial charge in [-0.2, -0.15) is 0 Å². The molecular formula is C13H13ClN2O2S. The average molecular weight is 297 g/mol. The number of nitrogens with zero attached hydrogens (tertiary/aromatic N) is 1. The van der Waals surface area contributed by atoms with Gasteiger partial charge >= 0.3 is 5.97 Å². The highest BCUT2D eigenvalue weighted by Gasteiger charge is 2.12. The molecule has 1 atom stereocenters. The third kappa shape index (κ3) is 3.24. The van der Waals surface area contributed by atoms with Crippen molar-refractivity contribution in [3.05, 3.63) is 44.7 Å². The van der Waals surface area contributed by atoms with E-state index < -0.39 is 5.97 Å². The Morgan fingerprint density at radius 2 is 2.26 bits per heavy atom. The van der Waals surface area contributed by atoms with Crippen LogP contribution in [0.25, 0.3) is 0 Å². The number of rotatable bonds is 4. The first-order valence-electron chi connectivity index (χ1n) is 5.69. The van der Waals surface area contributed by atoms with Crippen LogP contribution in [0.2, 0.25) is 5.02 Å². The predicted octanol–water partition coefficient (Wildman–Crippen LogP) is 3.98. The number of aromatic nitrogens is 1. The van der Waals surface area contributed by atoms with Crippen molar-refractivity contribution in [2.45, 2.75) is 19.9 Å². The van der Waals surface area contributed by atoms with Gasteiger partial charge in [-0.3, -0.25) is 0 Å². The molecule has 0 saturated heterocycles. The number of thiophene rings is 1. The van der Waals surface area contributed by atoms with Crippen molar-refractivity contribution in [1.82, 2.24) is 4.98 Å². The molecule has 2 heterocycles. The highest BCUT2D eigenvalue weighted by atomic mass is 35.5. The van der Waals surface area contributed by atoms with E-state index in [9.17, 15) is 4.79 Å². The molecule has 19 heavy (non-hydrogen) atoms. The monoisotopic (exact) mass is 296 g/mol. The summed E-state index contributed by atoms with van der Waals surface area (Å²) in [5, 5.41) is 12.3. The van der Waals surface area contributed by atoms with Crippen molar-refractivity contribution in [1.29, 1.82) is 0 Å². The third-order valence-corrected chi connectivity index (χ3v) is 4.10. The van der Waals surface area contributed by atoms with Gasteiger partial charge in [0.25, 0.3) is 0 Å². The minimum Gasteiger partial charge on any atom is -0.478 e. The van der Waals surface area contributed by atoms with Crippen LogP contribution in [0.15, 0.2) is 24.4 Å².